The fourth-order valence-electron chi connectivity index (χ4n) is 1.66. The van der Waals surface area contributed by atoms with Gasteiger partial charge in [-0.1, -0.05) is 12.8 Å². The van der Waals surface area contributed by atoms with Gasteiger partial charge in [0.1, 0.15) is 0 Å². The van der Waals surface area contributed by atoms with Crippen LogP contribution in [0.15, 0.2) is 12.3 Å². The van der Waals surface area contributed by atoms with Crippen molar-refractivity contribution in [2.24, 2.45) is 5.92 Å². The van der Waals surface area contributed by atoms with Gasteiger partial charge in [-0.2, -0.15) is 0 Å². The highest BCUT2D eigenvalue weighted by molar-refractivity contribution is 5.98. The molecule has 1 aromatic rings. The van der Waals surface area contributed by atoms with Gasteiger partial charge in [0.05, 0.1) is 5.56 Å². The first kappa shape index (κ1) is 10.9. The molecule has 4 nitrogen and oxygen atoms in total. The van der Waals surface area contributed by atoms with Crippen LogP contribution in [-0.4, -0.2) is 17.4 Å². The van der Waals surface area contributed by atoms with E-state index in [1.165, 1.54) is 19.0 Å². The lowest BCUT2D eigenvalue weighted by molar-refractivity contribution is 0.0953. The normalized spacial score (nSPS) is 14.8. The number of anilines is 1. The van der Waals surface area contributed by atoms with Gasteiger partial charge in [0.15, 0.2) is 0 Å². The number of hydrogen-bond acceptors (Lipinski definition) is 3. The lowest BCUT2D eigenvalue weighted by Gasteiger charge is -2.07. The molecule has 1 aliphatic carbocycles. The molecule has 1 aliphatic rings. The maximum absolute atomic E-state index is 11.7. The summed E-state index contributed by atoms with van der Waals surface area (Å²) in [5.41, 5.74) is 7.56. The molecule has 0 unspecified atom stereocenters. The van der Waals surface area contributed by atoms with E-state index in [9.17, 15) is 4.79 Å². The highest BCUT2D eigenvalue weighted by Crippen LogP contribution is 2.31. The first-order chi connectivity index (χ1) is 7.66. The maximum atomic E-state index is 11.7. The van der Waals surface area contributed by atoms with Crippen LogP contribution in [0.5, 0.6) is 0 Å². The number of nitrogens with one attached hydrogen (secondary N) is 1. The van der Waals surface area contributed by atoms with Crippen molar-refractivity contribution in [2.75, 3.05) is 12.3 Å². The first-order valence-electron chi connectivity index (χ1n) is 5.67. The van der Waals surface area contributed by atoms with Gasteiger partial charge in [0, 0.05) is 24.1 Å². The van der Waals surface area contributed by atoms with Crippen LogP contribution in [-0.2, 0) is 0 Å². The number of carbonyl (C=O) groups is 1. The molecule has 0 saturated heterocycles. The molecule has 4 heteroatoms. The third kappa shape index (κ3) is 2.72. The molecule has 0 radical (unpaired) electrons. The molecular weight excluding hydrogens is 202 g/mol. The van der Waals surface area contributed by atoms with Crippen molar-refractivity contribution in [3.05, 3.63) is 23.5 Å². The van der Waals surface area contributed by atoms with Crippen LogP contribution in [0.4, 0.5) is 5.69 Å². The van der Waals surface area contributed by atoms with Gasteiger partial charge in [-0.05, 0) is 25.3 Å². The van der Waals surface area contributed by atoms with Gasteiger partial charge < -0.3 is 11.1 Å². The molecule has 1 amide bonds. The van der Waals surface area contributed by atoms with Crippen molar-refractivity contribution in [3.63, 3.8) is 0 Å². The monoisotopic (exact) mass is 219 g/mol. The van der Waals surface area contributed by atoms with Crippen molar-refractivity contribution in [2.45, 2.75) is 26.2 Å². The number of pyridine rings is 1. The van der Waals surface area contributed by atoms with E-state index in [0.717, 1.165) is 24.6 Å². The van der Waals surface area contributed by atoms with Crippen LogP contribution in [0.3, 0.4) is 0 Å². The van der Waals surface area contributed by atoms with E-state index in [1.54, 1.807) is 6.07 Å². The molecule has 1 aromatic heterocycles. The van der Waals surface area contributed by atoms with E-state index in [4.69, 9.17) is 5.73 Å². The summed E-state index contributed by atoms with van der Waals surface area (Å²) >= 11 is 0. The molecular formula is C12H17N3O. The standard InChI is InChI=1S/C12H17N3O/c1-8-6-11(13)10(7-15-8)12(16)14-5-4-9-2-3-9/h6-7,9H,2-5H2,1H3,(H2,13,15)(H,14,16). The van der Waals surface area contributed by atoms with Gasteiger partial charge in [-0.15, -0.1) is 0 Å². The Morgan fingerprint density at radius 3 is 3.00 bits per heavy atom. The summed E-state index contributed by atoms with van der Waals surface area (Å²) in [6.45, 7) is 2.59. The summed E-state index contributed by atoms with van der Waals surface area (Å²) in [4.78, 5) is 15.8. The zero-order chi connectivity index (χ0) is 11.5. The maximum Gasteiger partial charge on any atom is 0.254 e. The van der Waals surface area contributed by atoms with Crippen LogP contribution in [0.1, 0.15) is 35.3 Å². The minimum atomic E-state index is -0.120. The molecule has 16 heavy (non-hydrogen) atoms. The fraction of sp³-hybridized carbons (Fsp3) is 0.500. The molecule has 3 N–H and O–H groups in total. The van der Waals surface area contributed by atoms with Crippen LogP contribution < -0.4 is 11.1 Å². The Balaban J connectivity index is 1.91. The Labute approximate surface area is 95.3 Å². The Bertz CT molecular complexity index is 399. The molecule has 0 aromatic carbocycles. The Hall–Kier alpha value is -1.58. The number of rotatable bonds is 4. The highest BCUT2D eigenvalue weighted by atomic mass is 16.1. The third-order valence-corrected chi connectivity index (χ3v) is 2.85. The predicted octanol–water partition coefficient (Wildman–Crippen LogP) is 1.50. The smallest absolute Gasteiger partial charge is 0.254 e. The number of aryl methyl sites for hydroxylation is 1. The summed E-state index contributed by atoms with van der Waals surface area (Å²) in [5.74, 6) is 0.708. The van der Waals surface area contributed by atoms with E-state index in [-0.39, 0.29) is 5.91 Å². The second-order valence-corrected chi connectivity index (χ2v) is 4.40. The number of amides is 1. The Morgan fingerprint density at radius 1 is 1.62 bits per heavy atom. The van der Waals surface area contributed by atoms with Crippen LogP contribution in [0.25, 0.3) is 0 Å². The largest absolute Gasteiger partial charge is 0.398 e. The SMILES string of the molecule is Cc1cc(N)c(C(=O)NCCC2CC2)cn1. The molecule has 1 heterocycles. The zero-order valence-electron chi connectivity index (χ0n) is 9.49. The van der Waals surface area contributed by atoms with Crippen molar-refractivity contribution in [3.8, 4) is 0 Å². The molecule has 1 saturated carbocycles. The molecule has 0 spiro atoms. The molecule has 0 aliphatic heterocycles. The number of hydrogen-bond donors (Lipinski definition) is 2. The van der Waals surface area contributed by atoms with E-state index in [2.05, 4.69) is 10.3 Å². The van der Waals surface area contributed by atoms with Gasteiger partial charge >= 0.3 is 0 Å². The molecule has 86 valence electrons. The summed E-state index contributed by atoms with van der Waals surface area (Å²) in [7, 11) is 0. The van der Waals surface area contributed by atoms with Crippen molar-refractivity contribution < 1.29 is 4.79 Å². The minimum Gasteiger partial charge on any atom is -0.398 e. The lowest BCUT2D eigenvalue weighted by Crippen LogP contribution is -2.25. The second kappa shape index (κ2) is 4.51. The first-order valence-corrected chi connectivity index (χ1v) is 5.67. The Morgan fingerprint density at radius 2 is 2.38 bits per heavy atom. The molecule has 0 atom stereocenters. The van der Waals surface area contributed by atoms with Crippen LogP contribution >= 0.6 is 0 Å². The van der Waals surface area contributed by atoms with E-state index >= 15 is 0 Å². The van der Waals surface area contributed by atoms with Crippen LogP contribution in [0.2, 0.25) is 0 Å². The van der Waals surface area contributed by atoms with E-state index in [0.29, 0.717) is 11.3 Å². The number of nitrogen functional groups attached to an aromatic ring is 1. The van der Waals surface area contributed by atoms with Gasteiger partial charge in [-0.3, -0.25) is 9.78 Å². The quantitative estimate of drug-likeness (QED) is 0.806. The fourth-order valence-corrected chi connectivity index (χ4v) is 1.66. The zero-order valence-corrected chi connectivity index (χ0v) is 9.49. The summed E-state index contributed by atoms with van der Waals surface area (Å²) in [6.07, 6.45) is 5.23. The number of aromatic nitrogens is 1. The van der Waals surface area contributed by atoms with Gasteiger partial charge in [0.2, 0.25) is 0 Å². The molecule has 2 rings (SSSR count). The Kier molecular flexibility index (Phi) is 3.08. The summed E-state index contributed by atoms with van der Waals surface area (Å²) in [6, 6.07) is 1.72. The third-order valence-electron chi connectivity index (χ3n) is 2.85. The molecule has 1 fully saturated rings. The molecule has 0 bridgehead atoms. The average Bonchev–Trinajstić information content (AvgIpc) is 3.01. The van der Waals surface area contributed by atoms with Gasteiger partial charge in [-0.25, -0.2) is 0 Å². The predicted molar refractivity (Wildman–Crippen MR) is 63.1 cm³/mol. The van der Waals surface area contributed by atoms with Crippen molar-refractivity contribution >= 4 is 11.6 Å². The van der Waals surface area contributed by atoms with Gasteiger partial charge in [0.25, 0.3) is 5.91 Å². The minimum absolute atomic E-state index is 0.120. The number of nitrogens with two attached hydrogens (primary N) is 1. The highest BCUT2D eigenvalue weighted by Gasteiger charge is 2.20. The van der Waals surface area contributed by atoms with Crippen molar-refractivity contribution in [1.29, 1.82) is 0 Å². The van der Waals surface area contributed by atoms with E-state index in [1.807, 2.05) is 6.92 Å². The van der Waals surface area contributed by atoms with Crippen LogP contribution in [0, 0.1) is 12.8 Å². The number of nitrogens with zero attached hydrogens (tertiary/aromatic N) is 1. The van der Waals surface area contributed by atoms with E-state index < -0.39 is 0 Å². The number of carbonyl (C=O) groups excluding carboxylic acids is 1. The second-order valence-electron chi connectivity index (χ2n) is 4.40. The summed E-state index contributed by atoms with van der Waals surface area (Å²) in [5, 5.41) is 2.87. The van der Waals surface area contributed by atoms with Crippen molar-refractivity contribution in [1.82, 2.24) is 10.3 Å². The summed E-state index contributed by atoms with van der Waals surface area (Å²) < 4.78 is 0. The lowest BCUT2D eigenvalue weighted by atomic mass is 10.2. The topological polar surface area (TPSA) is 68.0 Å². The average molecular weight is 219 g/mol.